The SMILES string of the molecule is Cc1nn(CCC(=O)Nc2ccccc2F)c(C)c1S(=O)(=O)N1CCOCC1. The molecule has 1 aromatic carbocycles. The highest BCUT2D eigenvalue weighted by molar-refractivity contribution is 7.89. The van der Waals surface area contributed by atoms with Gasteiger partial charge in [-0.2, -0.15) is 9.40 Å². The van der Waals surface area contributed by atoms with Crippen LogP contribution in [0.25, 0.3) is 0 Å². The number of hydrogen-bond donors (Lipinski definition) is 1. The van der Waals surface area contributed by atoms with Crippen molar-refractivity contribution in [3.05, 3.63) is 41.5 Å². The minimum absolute atomic E-state index is 0.0351. The van der Waals surface area contributed by atoms with Crippen molar-refractivity contribution in [1.82, 2.24) is 14.1 Å². The third kappa shape index (κ3) is 4.23. The Morgan fingerprint density at radius 2 is 1.93 bits per heavy atom. The minimum Gasteiger partial charge on any atom is -0.379 e. The Balaban J connectivity index is 1.71. The van der Waals surface area contributed by atoms with Gasteiger partial charge in [-0.3, -0.25) is 9.48 Å². The molecule has 0 unspecified atom stereocenters. The van der Waals surface area contributed by atoms with Gasteiger partial charge in [0.1, 0.15) is 10.7 Å². The normalized spacial score (nSPS) is 15.5. The predicted octanol–water partition coefficient (Wildman–Crippen LogP) is 1.69. The summed E-state index contributed by atoms with van der Waals surface area (Å²) in [6.07, 6.45) is 0.0351. The van der Waals surface area contributed by atoms with E-state index in [4.69, 9.17) is 4.74 Å². The maximum atomic E-state index is 13.6. The third-order valence-electron chi connectivity index (χ3n) is 4.58. The van der Waals surface area contributed by atoms with Crippen molar-refractivity contribution in [2.24, 2.45) is 0 Å². The maximum absolute atomic E-state index is 13.6. The van der Waals surface area contributed by atoms with Gasteiger partial charge in [0.2, 0.25) is 15.9 Å². The van der Waals surface area contributed by atoms with Gasteiger partial charge in [0, 0.05) is 19.5 Å². The van der Waals surface area contributed by atoms with Crippen molar-refractivity contribution in [3.63, 3.8) is 0 Å². The number of rotatable bonds is 6. The van der Waals surface area contributed by atoms with E-state index in [2.05, 4.69) is 10.4 Å². The van der Waals surface area contributed by atoms with Gasteiger partial charge in [-0.15, -0.1) is 0 Å². The molecule has 0 spiro atoms. The van der Waals surface area contributed by atoms with Gasteiger partial charge in [0.25, 0.3) is 0 Å². The molecule has 0 atom stereocenters. The van der Waals surface area contributed by atoms with Crippen molar-refractivity contribution in [3.8, 4) is 0 Å². The molecule has 1 N–H and O–H groups in total. The zero-order chi connectivity index (χ0) is 20.3. The van der Waals surface area contributed by atoms with E-state index in [-0.39, 0.29) is 29.5 Å². The zero-order valence-corrected chi connectivity index (χ0v) is 16.6. The van der Waals surface area contributed by atoms with Crippen molar-refractivity contribution in [2.75, 3.05) is 31.6 Å². The number of para-hydroxylation sites is 1. The van der Waals surface area contributed by atoms with Crippen molar-refractivity contribution in [2.45, 2.75) is 31.7 Å². The first-order valence-electron chi connectivity index (χ1n) is 8.97. The second-order valence-corrected chi connectivity index (χ2v) is 8.39. The number of anilines is 1. The van der Waals surface area contributed by atoms with E-state index in [0.717, 1.165) is 0 Å². The molecule has 28 heavy (non-hydrogen) atoms. The number of aryl methyl sites for hydroxylation is 2. The van der Waals surface area contributed by atoms with Crippen LogP contribution in [0.3, 0.4) is 0 Å². The van der Waals surface area contributed by atoms with Crippen molar-refractivity contribution in [1.29, 1.82) is 0 Å². The molecule has 1 aliphatic heterocycles. The molecule has 2 heterocycles. The molecule has 0 aliphatic carbocycles. The Kier molecular flexibility index (Phi) is 6.11. The van der Waals surface area contributed by atoms with Gasteiger partial charge in [-0.05, 0) is 26.0 Å². The van der Waals surface area contributed by atoms with Crippen LogP contribution in [0.5, 0.6) is 0 Å². The van der Waals surface area contributed by atoms with Crippen LogP contribution in [0.1, 0.15) is 17.8 Å². The highest BCUT2D eigenvalue weighted by atomic mass is 32.2. The lowest BCUT2D eigenvalue weighted by Crippen LogP contribution is -2.41. The van der Waals surface area contributed by atoms with Crippen LogP contribution in [0, 0.1) is 19.7 Å². The number of benzene rings is 1. The van der Waals surface area contributed by atoms with Gasteiger partial charge in [-0.25, -0.2) is 12.8 Å². The summed E-state index contributed by atoms with van der Waals surface area (Å²) in [4.78, 5) is 12.3. The number of amides is 1. The summed E-state index contributed by atoms with van der Waals surface area (Å²) in [5.74, 6) is -0.893. The predicted molar refractivity (Wildman–Crippen MR) is 101 cm³/mol. The van der Waals surface area contributed by atoms with Crippen LogP contribution >= 0.6 is 0 Å². The summed E-state index contributed by atoms with van der Waals surface area (Å²) in [5, 5.41) is 6.80. The molecule has 8 nitrogen and oxygen atoms in total. The summed E-state index contributed by atoms with van der Waals surface area (Å²) in [5.41, 5.74) is 0.970. The number of nitrogens with one attached hydrogen (secondary N) is 1. The number of carbonyl (C=O) groups is 1. The molecule has 2 aromatic rings. The maximum Gasteiger partial charge on any atom is 0.246 e. The van der Waals surface area contributed by atoms with Crippen molar-refractivity contribution >= 4 is 21.6 Å². The number of hydrogen-bond acceptors (Lipinski definition) is 5. The second-order valence-electron chi connectivity index (χ2n) is 6.52. The summed E-state index contributed by atoms with van der Waals surface area (Å²) in [6, 6.07) is 5.91. The van der Waals surface area contributed by atoms with E-state index >= 15 is 0 Å². The van der Waals surface area contributed by atoms with Crippen LogP contribution in [0.2, 0.25) is 0 Å². The number of nitrogens with zero attached hydrogens (tertiary/aromatic N) is 3. The van der Waals surface area contributed by atoms with Gasteiger partial charge >= 0.3 is 0 Å². The number of ether oxygens (including phenoxy) is 1. The first-order chi connectivity index (χ1) is 13.3. The molecule has 152 valence electrons. The number of sulfonamides is 1. The molecule has 0 radical (unpaired) electrons. The van der Waals surface area contributed by atoms with Gasteiger partial charge in [0.15, 0.2) is 0 Å². The van der Waals surface area contributed by atoms with E-state index in [1.165, 1.54) is 27.2 Å². The monoisotopic (exact) mass is 410 g/mol. The average Bonchev–Trinajstić information content (AvgIpc) is 2.96. The number of aromatic nitrogens is 2. The van der Waals surface area contributed by atoms with E-state index in [1.54, 1.807) is 19.9 Å². The van der Waals surface area contributed by atoms with E-state index < -0.39 is 15.8 Å². The Hall–Kier alpha value is -2.30. The first-order valence-corrected chi connectivity index (χ1v) is 10.4. The average molecular weight is 410 g/mol. The summed E-state index contributed by atoms with van der Waals surface area (Å²) < 4.78 is 47.7. The largest absolute Gasteiger partial charge is 0.379 e. The second kappa shape index (κ2) is 8.38. The number of halogens is 1. The Labute approximate surface area is 163 Å². The Morgan fingerprint density at radius 1 is 1.25 bits per heavy atom. The summed E-state index contributed by atoms with van der Waals surface area (Å²) in [6.45, 7) is 4.82. The van der Waals surface area contributed by atoms with Crippen LogP contribution in [0.15, 0.2) is 29.2 Å². The lowest BCUT2D eigenvalue weighted by Gasteiger charge is -2.26. The number of carbonyl (C=O) groups excluding carboxylic acids is 1. The molecule has 1 amide bonds. The Morgan fingerprint density at radius 3 is 2.61 bits per heavy atom. The fourth-order valence-corrected chi connectivity index (χ4v) is 4.95. The molecule has 10 heteroatoms. The van der Waals surface area contributed by atoms with Gasteiger partial charge < -0.3 is 10.1 Å². The lowest BCUT2D eigenvalue weighted by atomic mass is 10.3. The highest BCUT2D eigenvalue weighted by Gasteiger charge is 2.32. The standard InChI is InChI=1S/C18H23FN4O4S/c1-13-18(28(25,26)22-9-11-27-12-10-22)14(2)23(21-13)8-7-17(24)20-16-6-4-3-5-15(16)19/h3-6H,7-12H2,1-2H3,(H,20,24). The molecular formula is C18H23FN4O4S. The molecule has 1 aliphatic rings. The zero-order valence-electron chi connectivity index (χ0n) is 15.8. The Bertz CT molecular complexity index is 968. The number of morpholine rings is 1. The quantitative estimate of drug-likeness (QED) is 0.782. The topological polar surface area (TPSA) is 93.5 Å². The smallest absolute Gasteiger partial charge is 0.246 e. The van der Waals surface area contributed by atoms with Crippen LogP contribution in [-0.2, 0) is 26.1 Å². The van der Waals surface area contributed by atoms with E-state index in [9.17, 15) is 17.6 Å². The molecular weight excluding hydrogens is 387 g/mol. The molecule has 1 fully saturated rings. The fourth-order valence-electron chi connectivity index (χ4n) is 3.17. The van der Waals surface area contributed by atoms with E-state index in [0.29, 0.717) is 37.7 Å². The fraction of sp³-hybridized carbons (Fsp3) is 0.444. The van der Waals surface area contributed by atoms with E-state index in [1.807, 2.05) is 0 Å². The highest BCUT2D eigenvalue weighted by Crippen LogP contribution is 2.24. The van der Waals surface area contributed by atoms with Crippen molar-refractivity contribution < 1.29 is 22.3 Å². The first kappa shape index (κ1) is 20.4. The van der Waals surface area contributed by atoms with Crippen LogP contribution in [-0.4, -0.2) is 54.7 Å². The van der Waals surface area contributed by atoms with Crippen LogP contribution < -0.4 is 5.32 Å². The molecule has 1 aromatic heterocycles. The van der Waals surface area contributed by atoms with Crippen LogP contribution in [0.4, 0.5) is 10.1 Å². The molecule has 3 rings (SSSR count). The summed E-state index contributed by atoms with van der Waals surface area (Å²) in [7, 11) is -3.68. The lowest BCUT2D eigenvalue weighted by molar-refractivity contribution is -0.116. The molecule has 1 saturated heterocycles. The minimum atomic E-state index is -3.68. The molecule has 0 saturated carbocycles. The van der Waals surface area contributed by atoms with Gasteiger partial charge in [-0.1, -0.05) is 12.1 Å². The third-order valence-corrected chi connectivity index (χ3v) is 6.73. The molecule has 0 bridgehead atoms. The summed E-state index contributed by atoms with van der Waals surface area (Å²) >= 11 is 0. The van der Waals surface area contributed by atoms with Gasteiger partial charge in [0.05, 0.1) is 36.8 Å².